The Hall–Kier alpha value is -0.450. The van der Waals surface area contributed by atoms with Crippen molar-refractivity contribution >= 4 is 17.3 Å². The van der Waals surface area contributed by atoms with Crippen molar-refractivity contribution in [3.8, 4) is 0 Å². The Bertz CT molecular complexity index is 249. The molecule has 3 nitrogen and oxygen atoms in total. The Labute approximate surface area is 77.0 Å². The standard InChI is InChI=1S/C8H12N2OS/c11-10-7-4-2-1-3-6(7)5-9-8(10)12/h10H,1-5H2,(H,9,12). The third-order valence-electron chi connectivity index (χ3n) is 2.52. The average Bonchev–Trinajstić information content (AvgIpc) is 2.12. The van der Waals surface area contributed by atoms with Gasteiger partial charge in [0.1, 0.15) is 5.70 Å². The molecule has 1 heterocycles. The van der Waals surface area contributed by atoms with E-state index in [-0.39, 0.29) is 5.06 Å². The van der Waals surface area contributed by atoms with Crippen LogP contribution in [-0.4, -0.2) is 11.7 Å². The Morgan fingerprint density at radius 3 is 2.92 bits per heavy atom. The second-order valence-corrected chi connectivity index (χ2v) is 3.71. The normalized spacial score (nSPS) is 29.8. The zero-order chi connectivity index (χ0) is 8.55. The van der Waals surface area contributed by atoms with E-state index in [1.54, 1.807) is 0 Å². The number of hydrogen-bond acceptors (Lipinski definition) is 2. The maximum atomic E-state index is 11.5. The molecule has 0 bridgehead atoms. The van der Waals surface area contributed by atoms with Gasteiger partial charge in [-0.15, -0.1) is 0 Å². The number of allylic oxidation sites excluding steroid dienone is 1. The third kappa shape index (κ3) is 1.26. The fraction of sp³-hybridized carbons (Fsp3) is 0.625. The molecule has 0 fully saturated rings. The maximum absolute atomic E-state index is 11.5. The van der Waals surface area contributed by atoms with Crippen molar-refractivity contribution in [1.82, 2.24) is 5.32 Å². The number of quaternary nitrogens is 1. The topological polar surface area (TPSA) is 39.5 Å². The van der Waals surface area contributed by atoms with Gasteiger partial charge in [-0.2, -0.15) is 0 Å². The SMILES string of the molecule is [O-][NH+]1C(=S)NCC2=C1CCCC2. The van der Waals surface area contributed by atoms with Crippen LogP contribution in [0.15, 0.2) is 11.3 Å². The van der Waals surface area contributed by atoms with Crippen molar-refractivity contribution in [2.24, 2.45) is 0 Å². The van der Waals surface area contributed by atoms with Crippen LogP contribution in [0.4, 0.5) is 0 Å². The lowest BCUT2D eigenvalue weighted by atomic mass is 9.95. The molecule has 12 heavy (non-hydrogen) atoms. The molecule has 0 aromatic heterocycles. The van der Waals surface area contributed by atoms with Gasteiger partial charge in [0.25, 0.3) is 5.11 Å². The van der Waals surface area contributed by atoms with Crippen LogP contribution >= 0.6 is 12.2 Å². The number of nitrogens with one attached hydrogen (secondary N) is 2. The smallest absolute Gasteiger partial charge is 0.273 e. The van der Waals surface area contributed by atoms with E-state index in [9.17, 15) is 5.21 Å². The van der Waals surface area contributed by atoms with E-state index in [2.05, 4.69) is 5.32 Å². The Kier molecular flexibility index (Phi) is 2.12. The first-order chi connectivity index (χ1) is 5.79. The Morgan fingerprint density at radius 2 is 2.08 bits per heavy atom. The largest absolute Gasteiger partial charge is 0.622 e. The molecule has 0 radical (unpaired) electrons. The first kappa shape index (κ1) is 8.16. The second-order valence-electron chi connectivity index (χ2n) is 3.30. The van der Waals surface area contributed by atoms with Gasteiger partial charge in [-0.05, 0) is 19.3 Å². The maximum Gasteiger partial charge on any atom is 0.273 e. The van der Waals surface area contributed by atoms with Gasteiger partial charge in [0, 0.05) is 30.8 Å². The summed E-state index contributed by atoms with van der Waals surface area (Å²) in [5, 5.41) is 14.9. The molecule has 0 spiro atoms. The van der Waals surface area contributed by atoms with Gasteiger partial charge in [-0.1, -0.05) is 0 Å². The quantitative estimate of drug-likeness (QED) is 0.414. The third-order valence-corrected chi connectivity index (χ3v) is 2.85. The van der Waals surface area contributed by atoms with Crippen LogP contribution in [0.25, 0.3) is 0 Å². The lowest BCUT2D eigenvalue weighted by Crippen LogP contribution is -3.11. The summed E-state index contributed by atoms with van der Waals surface area (Å²) in [5.74, 6) is 0. The molecule has 1 aliphatic heterocycles. The van der Waals surface area contributed by atoms with E-state index in [0.29, 0.717) is 5.11 Å². The van der Waals surface area contributed by atoms with Gasteiger partial charge in [0.15, 0.2) is 0 Å². The summed E-state index contributed by atoms with van der Waals surface area (Å²) in [6.45, 7) is 0.805. The van der Waals surface area contributed by atoms with Crippen LogP contribution in [0.1, 0.15) is 25.7 Å². The van der Waals surface area contributed by atoms with Gasteiger partial charge in [0.2, 0.25) is 0 Å². The Balaban J connectivity index is 2.27. The molecule has 0 saturated heterocycles. The molecule has 0 aromatic rings. The molecule has 2 N–H and O–H groups in total. The minimum absolute atomic E-state index is 0.0750. The highest BCUT2D eigenvalue weighted by Gasteiger charge is 2.25. The molecule has 2 rings (SSSR count). The summed E-state index contributed by atoms with van der Waals surface area (Å²) >= 11 is 4.90. The molecule has 0 aromatic carbocycles. The van der Waals surface area contributed by atoms with E-state index >= 15 is 0 Å². The second kappa shape index (κ2) is 3.12. The number of hydroxylamine groups is 2. The minimum Gasteiger partial charge on any atom is -0.622 e. The first-order valence-electron chi connectivity index (χ1n) is 4.32. The van der Waals surface area contributed by atoms with E-state index in [4.69, 9.17) is 12.2 Å². The number of rotatable bonds is 0. The monoisotopic (exact) mass is 184 g/mol. The molecule has 1 atom stereocenters. The van der Waals surface area contributed by atoms with Crippen LogP contribution in [0.3, 0.4) is 0 Å². The average molecular weight is 184 g/mol. The summed E-state index contributed by atoms with van der Waals surface area (Å²) in [6, 6.07) is 0. The van der Waals surface area contributed by atoms with Gasteiger partial charge in [0.05, 0.1) is 0 Å². The molecular formula is C8H12N2OS. The van der Waals surface area contributed by atoms with Gasteiger partial charge in [-0.25, -0.2) is 0 Å². The van der Waals surface area contributed by atoms with Crippen molar-refractivity contribution < 1.29 is 5.06 Å². The van der Waals surface area contributed by atoms with Crippen LogP contribution in [0.5, 0.6) is 0 Å². The highest BCUT2D eigenvalue weighted by molar-refractivity contribution is 7.79. The van der Waals surface area contributed by atoms with Gasteiger partial charge >= 0.3 is 0 Å². The molecule has 0 amide bonds. The van der Waals surface area contributed by atoms with Crippen molar-refractivity contribution in [2.45, 2.75) is 25.7 Å². The van der Waals surface area contributed by atoms with E-state index < -0.39 is 0 Å². The molecule has 66 valence electrons. The Morgan fingerprint density at radius 1 is 1.33 bits per heavy atom. The molecule has 1 unspecified atom stereocenters. The van der Waals surface area contributed by atoms with Gasteiger partial charge < -0.3 is 10.5 Å². The van der Waals surface area contributed by atoms with E-state index in [1.807, 2.05) is 0 Å². The van der Waals surface area contributed by atoms with E-state index in [0.717, 1.165) is 31.5 Å². The predicted octanol–water partition coefficient (Wildman–Crippen LogP) is 0.0853. The number of thiocarbonyl (C=S) groups is 1. The fourth-order valence-electron chi connectivity index (χ4n) is 1.84. The lowest BCUT2D eigenvalue weighted by molar-refractivity contribution is -0.706. The zero-order valence-corrected chi connectivity index (χ0v) is 7.67. The summed E-state index contributed by atoms with van der Waals surface area (Å²) in [7, 11) is 0. The van der Waals surface area contributed by atoms with Crippen molar-refractivity contribution in [3.63, 3.8) is 0 Å². The van der Waals surface area contributed by atoms with Crippen LogP contribution in [-0.2, 0) is 0 Å². The lowest BCUT2D eigenvalue weighted by Gasteiger charge is -2.33. The first-order valence-corrected chi connectivity index (χ1v) is 4.73. The number of hydrogen-bond donors (Lipinski definition) is 2. The van der Waals surface area contributed by atoms with Crippen LogP contribution < -0.4 is 10.4 Å². The molecule has 0 saturated carbocycles. The predicted molar refractivity (Wildman–Crippen MR) is 50.4 cm³/mol. The van der Waals surface area contributed by atoms with Crippen molar-refractivity contribution in [2.75, 3.05) is 6.54 Å². The molecule has 2 aliphatic rings. The minimum atomic E-state index is 0.0750. The molecule has 4 heteroatoms. The van der Waals surface area contributed by atoms with Crippen LogP contribution in [0.2, 0.25) is 0 Å². The molecular weight excluding hydrogens is 172 g/mol. The fourth-order valence-corrected chi connectivity index (χ4v) is 2.04. The van der Waals surface area contributed by atoms with E-state index in [1.165, 1.54) is 12.0 Å². The summed E-state index contributed by atoms with van der Waals surface area (Å²) < 4.78 is 0. The highest BCUT2D eigenvalue weighted by atomic mass is 32.1. The summed E-state index contributed by atoms with van der Waals surface area (Å²) in [6.07, 6.45) is 4.39. The van der Waals surface area contributed by atoms with Crippen LogP contribution in [0, 0.1) is 5.21 Å². The van der Waals surface area contributed by atoms with Crippen molar-refractivity contribution in [3.05, 3.63) is 16.5 Å². The molecule has 1 aliphatic carbocycles. The highest BCUT2D eigenvalue weighted by Crippen LogP contribution is 2.21. The summed E-state index contributed by atoms with van der Waals surface area (Å²) in [5.41, 5.74) is 2.30. The van der Waals surface area contributed by atoms with Crippen molar-refractivity contribution in [1.29, 1.82) is 0 Å². The van der Waals surface area contributed by atoms with Gasteiger partial charge in [-0.3, -0.25) is 5.06 Å². The summed E-state index contributed by atoms with van der Waals surface area (Å²) in [4.78, 5) is 0. The zero-order valence-electron chi connectivity index (χ0n) is 6.85.